The second-order valence-corrected chi connectivity index (χ2v) is 5.08. The van der Waals surface area contributed by atoms with Gasteiger partial charge in [0.2, 0.25) is 5.91 Å². The number of amides is 1. The van der Waals surface area contributed by atoms with Gasteiger partial charge in [-0.15, -0.1) is 0 Å². The molecule has 0 aromatic carbocycles. The van der Waals surface area contributed by atoms with Crippen LogP contribution < -0.4 is 5.32 Å². The second-order valence-electron chi connectivity index (χ2n) is 5.08. The van der Waals surface area contributed by atoms with E-state index in [-0.39, 0.29) is 11.9 Å². The van der Waals surface area contributed by atoms with Crippen molar-refractivity contribution < 1.29 is 4.79 Å². The highest BCUT2D eigenvalue weighted by molar-refractivity contribution is 5.77. The van der Waals surface area contributed by atoms with Crippen LogP contribution in [0.25, 0.3) is 0 Å². The number of nitrogens with one attached hydrogen (secondary N) is 1. The van der Waals surface area contributed by atoms with Crippen LogP contribution >= 0.6 is 0 Å². The Bertz CT molecular complexity index is 313. The van der Waals surface area contributed by atoms with Crippen molar-refractivity contribution in [1.29, 1.82) is 5.26 Å². The smallest absolute Gasteiger partial charge is 0.225 e. The number of nitrogens with zero attached hydrogens (tertiary/aromatic N) is 3. The van der Waals surface area contributed by atoms with Crippen molar-refractivity contribution in [2.24, 2.45) is 0 Å². The Hall–Kier alpha value is -1.12. The van der Waals surface area contributed by atoms with Gasteiger partial charge in [0.15, 0.2) is 0 Å². The van der Waals surface area contributed by atoms with Crippen LogP contribution in [0.15, 0.2) is 0 Å². The zero-order valence-electron chi connectivity index (χ0n) is 10.9. The largest absolute Gasteiger partial charge is 0.343 e. The van der Waals surface area contributed by atoms with E-state index in [1.807, 2.05) is 4.90 Å². The fourth-order valence-corrected chi connectivity index (χ4v) is 2.69. The van der Waals surface area contributed by atoms with E-state index in [0.717, 1.165) is 52.1 Å². The Morgan fingerprint density at radius 1 is 1.17 bits per heavy atom. The molecule has 2 fully saturated rings. The molecule has 1 amide bonds. The van der Waals surface area contributed by atoms with Crippen LogP contribution in [0.5, 0.6) is 0 Å². The molecule has 2 aliphatic heterocycles. The maximum absolute atomic E-state index is 12.1. The molecule has 0 aliphatic carbocycles. The molecular weight excluding hydrogens is 228 g/mol. The van der Waals surface area contributed by atoms with Gasteiger partial charge in [-0.2, -0.15) is 5.26 Å². The second kappa shape index (κ2) is 6.72. The van der Waals surface area contributed by atoms with Gasteiger partial charge in [-0.3, -0.25) is 9.69 Å². The summed E-state index contributed by atoms with van der Waals surface area (Å²) in [6.45, 7) is 5.31. The summed E-state index contributed by atoms with van der Waals surface area (Å²) in [6.07, 6.45) is 3.80. The standard InChI is InChI=1S/C13H22N4O/c14-11-12(16-8-4-15-5-9-16)10-13(18)17-6-2-1-3-7-17/h12,15H,1-10H2. The lowest BCUT2D eigenvalue weighted by Gasteiger charge is -2.33. The first-order valence-corrected chi connectivity index (χ1v) is 6.93. The summed E-state index contributed by atoms with van der Waals surface area (Å²) in [5.74, 6) is 0.153. The molecule has 0 bridgehead atoms. The lowest BCUT2D eigenvalue weighted by Crippen LogP contribution is -2.49. The minimum atomic E-state index is -0.249. The molecule has 2 heterocycles. The van der Waals surface area contributed by atoms with Crippen LogP contribution in [0, 0.1) is 11.3 Å². The summed E-state index contributed by atoms with van der Waals surface area (Å²) in [4.78, 5) is 16.2. The van der Waals surface area contributed by atoms with E-state index in [4.69, 9.17) is 0 Å². The van der Waals surface area contributed by atoms with E-state index in [9.17, 15) is 10.1 Å². The Morgan fingerprint density at radius 2 is 1.83 bits per heavy atom. The molecule has 0 saturated carbocycles. The Kier molecular flexibility index (Phi) is 4.97. The van der Waals surface area contributed by atoms with Crippen molar-refractivity contribution in [2.45, 2.75) is 31.7 Å². The predicted molar refractivity (Wildman–Crippen MR) is 68.9 cm³/mol. The van der Waals surface area contributed by atoms with Gasteiger partial charge in [-0.1, -0.05) is 0 Å². The lowest BCUT2D eigenvalue weighted by molar-refractivity contribution is -0.133. The number of nitriles is 1. The molecule has 1 N–H and O–H groups in total. The molecule has 2 aliphatic rings. The van der Waals surface area contributed by atoms with Gasteiger partial charge < -0.3 is 10.2 Å². The molecule has 100 valence electrons. The van der Waals surface area contributed by atoms with Crippen LogP contribution in [0.4, 0.5) is 0 Å². The van der Waals surface area contributed by atoms with Gasteiger partial charge in [-0.25, -0.2) is 0 Å². The fraction of sp³-hybridized carbons (Fsp3) is 0.846. The number of rotatable bonds is 3. The van der Waals surface area contributed by atoms with Gasteiger partial charge in [0.1, 0.15) is 6.04 Å². The Labute approximate surface area is 109 Å². The van der Waals surface area contributed by atoms with Gasteiger partial charge in [0.25, 0.3) is 0 Å². The topological polar surface area (TPSA) is 59.4 Å². The summed E-state index contributed by atoms with van der Waals surface area (Å²) in [5.41, 5.74) is 0. The average molecular weight is 250 g/mol. The molecule has 5 nitrogen and oxygen atoms in total. The van der Waals surface area contributed by atoms with Crippen LogP contribution in [0.2, 0.25) is 0 Å². The van der Waals surface area contributed by atoms with E-state index in [0.29, 0.717) is 6.42 Å². The summed E-state index contributed by atoms with van der Waals surface area (Å²) in [6, 6.07) is 2.04. The molecular formula is C13H22N4O. The number of carbonyl (C=O) groups excluding carboxylic acids is 1. The Morgan fingerprint density at radius 3 is 2.44 bits per heavy atom. The molecule has 0 aromatic heterocycles. The molecule has 5 heteroatoms. The van der Waals surface area contributed by atoms with E-state index in [1.54, 1.807) is 0 Å². The SMILES string of the molecule is N#CC(CC(=O)N1CCCCC1)N1CCNCC1. The van der Waals surface area contributed by atoms with Crippen LogP contribution in [-0.4, -0.2) is 61.0 Å². The first kappa shape index (κ1) is 13.3. The summed E-state index contributed by atoms with van der Waals surface area (Å²) < 4.78 is 0. The lowest BCUT2D eigenvalue weighted by atomic mass is 10.1. The molecule has 0 aromatic rings. The normalized spacial score (nSPS) is 23.4. The summed E-state index contributed by atoms with van der Waals surface area (Å²) in [7, 11) is 0. The first-order chi connectivity index (χ1) is 8.81. The van der Waals surface area contributed by atoms with Crippen LogP contribution in [0.1, 0.15) is 25.7 Å². The molecule has 18 heavy (non-hydrogen) atoms. The van der Waals surface area contributed by atoms with E-state index < -0.39 is 0 Å². The van der Waals surface area contributed by atoms with Crippen molar-refractivity contribution in [2.75, 3.05) is 39.3 Å². The first-order valence-electron chi connectivity index (χ1n) is 6.93. The number of likely N-dealkylation sites (tertiary alicyclic amines) is 1. The van der Waals surface area contributed by atoms with Crippen molar-refractivity contribution in [3.8, 4) is 6.07 Å². The number of hydrogen-bond acceptors (Lipinski definition) is 4. The van der Waals surface area contributed by atoms with Crippen LogP contribution in [-0.2, 0) is 4.79 Å². The van der Waals surface area contributed by atoms with Gasteiger partial charge in [0, 0.05) is 39.3 Å². The Balaban J connectivity index is 1.85. The highest BCUT2D eigenvalue weighted by atomic mass is 16.2. The zero-order valence-corrected chi connectivity index (χ0v) is 10.9. The average Bonchev–Trinajstić information content (AvgIpc) is 2.46. The van der Waals surface area contributed by atoms with Crippen LogP contribution in [0.3, 0.4) is 0 Å². The summed E-state index contributed by atoms with van der Waals surface area (Å²) >= 11 is 0. The monoisotopic (exact) mass is 250 g/mol. The third-order valence-corrected chi connectivity index (χ3v) is 3.82. The molecule has 0 spiro atoms. The number of carbonyl (C=O) groups is 1. The zero-order chi connectivity index (χ0) is 12.8. The van der Waals surface area contributed by atoms with Crippen molar-refractivity contribution in [1.82, 2.24) is 15.1 Å². The predicted octanol–water partition coefficient (Wildman–Crippen LogP) is 0.186. The third-order valence-electron chi connectivity index (χ3n) is 3.82. The molecule has 1 unspecified atom stereocenters. The van der Waals surface area contributed by atoms with E-state index in [2.05, 4.69) is 16.3 Å². The van der Waals surface area contributed by atoms with Gasteiger partial charge in [-0.05, 0) is 19.3 Å². The number of piperidine rings is 1. The molecule has 0 radical (unpaired) electrons. The fourth-order valence-electron chi connectivity index (χ4n) is 2.69. The highest BCUT2D eigenvalue weighted by Crippen LogP contribution is 2.13. The number of piperazine rings is 1. The van der Waals surface area contributed by atoms with E-state index in [1.165, 1.54) is 6.42 Å². The highest BCUT2D eigenvalue weighted by Gasteiger charge is 2.25. The number of hydrogen-bond donors (Lipinski definition) is 1. The molecule has 2 rings (SSSR count). The van der Waals surface area contributed by atoms with Gasteiger partial charge in [0.05, 0.1) is 12.5 Å². The van der Waals surface area contributed by atoms with Gasteiger partial charge >= 0.3 is 0 Å². The third kappa shape index (κ3) is 3.44. The minimum absolute atomic E-state index is 0.153. The van der Waals surface area contributed by atoms with Crippen molar-refractivity contribution in [3.05, 3.63) is 0 Å². The quantitative estimate of drug-likeness (QED) is 0.776. The molecule has 2 saturated heterocycles. The maximum Gasteiger partial charge on any atom is 0.225 e. The summed E-state index contributed by atoms with van der Waals surface area (Å²) in [5, 5.41) is 12.5. The van der Waals surface area contributed by atoms with Crippen molar-refractivity contribution in [3.63, 3.8) is 0 Å². The van der Waals surface area contributed by atoms with Crippen molar-refractivity contribution >= 4 is 5.91 Å². The maximum atomic E-state index is 12.1. The minimum Gasteiger partial charge on any atom is -0.343 e. The molecule has 1 atom stereocenters. The van der Waals surface area contributed by atoms with E-state index >= 15 is 0 Å².